The smallest absolute Gasteiger partial charge is 0.309 e. The average Bonchev–Trinajstić information content (AvgIpc) is 2.82. The van der Waals surface area contributed by atoms with Gasteiger partial charge in [-0.05, 0) is 32.8 Å². The van der Waals surface area contributed by atoms with E-state index in [1.807, 2.05) is 19.1 Å². The Morgan fingerprint density at radius 3 is 2.85 bits per heavy atom. The summed E-state index contributed by atoms with van der Waals surface area (Å²) in [4.78, 5) is 12.3. The predicted molar refractivity (Wildman–Crippen MR) is 79.1 cm³/mol. The van der Waals surface area contributed by atoms with Crippen LogP contribution < -0.4 is 4.74 Å². The highest BCUT2D eigenvalue weighted by Gasteiger charge is 2.46. The normalized spacial score (nSPS) is 25.5. The molecule has 0 aromatic heterocycles. The third-order valence-corrected chi connectivity index (χ3v) is 4.50. The summed E-state index contributed by atoms with van der Waals surface area (Å²) in [5, 5.41) is 0. The van der Waals surface area contributed by atoms with Crippen LogP contribution in [0.15, 0.2) is 18.2 Å². The van der Waals surface area contributed by atoms with E-state index in [1.165, 1.54) is 5.56 Å². The zero-order chi connectivity index (χ0) is 14.8. The van der Waals surface area contributed by atoms with Gasteiger partial charge in [0.2, 0.25) is 0 Å². The van der Waals surface area contributed by atoms with Crippen LogP contribution in [0.3, 0.4) is 0 Å². The van der Waals surface area contributed by atoms with E-state index in [0.29, 0.717) is 6.61 Å². The molecule has 0 saturated heterocycles. The summed E-state index contributed by atoms with van der Waals surface area (Å²) >= 11 is 0. The Bertz CT molecular complexity index is 495. The number of hydrogen-bond acceptors (Lipinski definition) is 3. The molecular formula is C17H24O3. The van der Waals surface area contributed by atoms with E-state index in [4.69, 9.17) is 9.47 Å². The van der Waals surface area contributed by atoms with E-state index in [0.717, 1.165) is 30.6 Å². The van der Waals surface area contributed by atoms with Gasteiger partial charge < -0.3 is 9.47 Å². The topological polar surface area (TPSA) is 35.5 Å². The number of benzene rings is 1. The van der Waals surface area contributed by atoms with Gasteiger partial charge in [-0.3, -0.25) is 4.79 Å². The third kappa shape index (κ3) is 2.54. The van der Waals surface area contributed by atoms with Gasteiger partial charge in [-0.15, -0.1) is 0 Å². The number of aryl methyl sites for hydroxylation is 1. The van der Waals surface area contributed by atoms with E-state index in [1.54, 1.807) is 7.11 Å². The van der Waals surface area contributed by atoms with Gasteiger partial charge in [-0.1, -0.05) is 31.0 Å². The zero-order valence-corrected chi connectivity index (χ0v) is 12.9. The second-order valence-electron chi connectivity index (χ2n) is 5.82. The first-order valence-electron chi connectivity index (χ1n) is 7.34. The van der Waals surface area contributed by atoms with Gasteiger partial charge in [0.05, 0.1) is 19.6 Å². The van der Waals surface area contributed by atoms with Gasteiger partial charge in [0, 0.05) is 11.0 Å². The maximum Gasteiger partial charge on any atom is 0.309 e. The van der Waals surface area contributed by atoms with Crippen LogP contribution in [-0.2, 0) is 14.9 Å². The summed E-state index contributed by atoms with van der Waals surface area (Å²) in [7, 11) is 1.69. The lowest BCUT2D eigenvalue weighted by atomic mass is 9.73. The standard InChI is InChI=1S/C17H24O3/c1-5-20-16(18)13-7-6-10-17(13,3)14-11-12(2)8-9-15(14)19-4/h8-9,11,13H,5-7,10H2,1-4H3/t13-,17+/m1/s1. The predicted octanol–water partition coefficient (Wildman–Crippen LogP) is 3.62. The Balaban J connectivity index is 2.42. The first kappa shape index (κ1) is 14.9. The monoisotopic (exact) mass is 276 g/mol. The van der Waals surface area contributed by atoms with Crippen LogP contribution in [0.25, 0.3) is 0 Å². The van der Waals surface area contributed by atoms with Crippen molar-refractivity contribution in [2.45, 2.75) is 45.4 Å². The fourth-order valence-corrected chi connectivity index (χ4v) is 3.38. The summed E-state index contributed by atoms with van der Waals surface area (Å²) in [6.07, 6.45) is 2.94. The molecular weight excluding hydrogens is 252 g/mol. The Morgan fingerprint density at radius 1 is 1.45 bits per heavy atom. The van der Waals surface area contributed by atoms with Crippen LogP contribution in [-0.4, -0.2) is 19.7 Å². The maximum atomic E-state index is 12.3. The third-order valence-electron chi connectivity index (χ3n) is 4.50. The molecule has 0 unspecified atom stereocenters. The quantitative estimate of drug-likeness (QED) is 0.788. The molecule has 0 aliphatic heterocycles. The second-order valence-corrected chi connectivity index (χ2v) is 5.82. The molecule has 110 valence electrons. The fourth-order valence-electron chi connectivity index (χ4n) is 3.38. The molecule has 0 N–H and O–H groups in total. The fraction of sp³-hybridized carbons (Fsp3) is 0.588. The lowest BCUT2D eigenvalue weighted by Gasteiger charge is -2.32. The number of carbonyl (C=O) groups is 1. The number of hydrogen-bond donors (Lipinski definition) is 0. The van der Waals surface area contributed by atoms with Crippen molar-refractivity contribution in [3.63, 3.8) is 0 Å². The number of ether oxygens (including phenoxy) is 2. The Hall–Kier alpha value is -1.51. The first-order chi connectivity index (χ1) is 9.52. The van der Waals surface area contributed by atoms with E-state index in [-0.39, 0.29) is 17.3 Å². The molecule has 2 atom stereocenters. The van der Waals surface area contributed by atoms with Gasteiger partial charge in [0.1, 0.15) is 5.75 Å². The van der Waals surface area contributed by atoms with Gasteiger partial charge in [-0.25, -0.2) is 0 Å². The number of carbonyl (C=O) groups excluding carboxylic acids is 1. The van der Waals surface area contributed by atoms with Crippen LogP contribution >= 0.6 is 0 Å². The summed E-state index contributed by atoms with van der Waals surface area (Å²) in [5.41, 5.74) is 2.14. The molecule has 1 aromatic rings. The lowest BCUT2D eigenvalue weighted by Crippen LogP contribution is -2.34. The van der Waals surface area contributed by atoms with Crippen LogP contribution in [0.2, 0.25) is 0 Å². The lowest BCUT2D eigenvalue weighted by molar-refractivity contribution is -0.149. The molecule has 3 nitrogen and oxygen atoms in total. The van der Waals surface area contributed by atoms with Gasteiger partial charge >= 0.3 is 5.97 Å². The minimum absolute atomic E-state index is 0.0712. The molecule has 0 radical (unpaired) electrons. The minimum atomic E-state index is -0.191. The highest BCUT2D eigenvalue weighted by molar-refractivity contribution is 5.75. The van der Waals surface area contributed by atoms with Crippen LogP contribution in [0.1, 0.15) is 44.2 Å². The molecule has 1 aliphatic rings. The van der Waals surface area contributed by atoms with Crippen molar-refractivity contribution < 1.29 is 14.3 Å². The minimum Gasteiger partial charge on any atom is -0.496 e. The van der Waals surface area contributed by atoms with Crippen molar-refractivity contribution in [2.24, 2.45) is 5.92 Å². The molecule has 2 rings (SSSR count). The summed E-state index contributed by atoms with van der Waals surface area (Å²) in [5.74, 6) is 0.725. The number of methoxy groups -OCH3 is 1. The molecule has 1 saturated carbocycles. The molecule has 1 aromatic carbocycles. The van der Waals surface area contributed by atoms with Gasteiger partial charge in [0.15, 0.2) is 0 Å². The molecule has 0 amide bonds. The van der Waals surface area contributed by atoms with Crippen LogP contribution in [0.4, 0.5) is 0 Å². The zero-order valence-electron chi connectivity index (χ0n) is 12.9. The molecule has 0 bridgehead atoms. The van der Waals surface area contributed by atoms with Crippen LogP contribution in [0, 0.1) is 12.8 Å². The van der Waals surface area contributed by atoms with Crippen molar-refractivity contribution in [3.05, 3.63) is 29.3 Å². The van der Waals surface area contributed by atoms with Crippen molar-refractivity contribution in [2.75, 3.05) is 13.7 Å². The molecule has 20 heavy (non-hydrogen) atoms. The Labute approximate surface area is 121 Å². The molecule has 0 spiro atoms. The molecule has 3 heteroatoms. The SMILES string of the molecule is CCOC(=O)[C@H]1CCC[C@]1(C)c1cc(C)ccc1OC. The Morgan fingerprint density at radius 2 is 2.20 bits per heavy atom. The van der Waals surface area contributed by atoms with Crippen molar-refractivity contribution in [1.82, 2.24) is 0 Å². The highest BCUT2D eigenvalue weighted by Crippen LogP contribution is 2.49. The van der Waals surface area contributed by atoms with E-state index in [9.17, 15) is 4.79 Å². The van der Waals surface area contributed by atoms with Crippen molar-refractivity contribution in [3.8, 4) is 5.75 Å². The second kappa shape index (κ2) is 5.86. The maximum absolute atomic E-state index is 12.3. The Kier molecular flexibility index (Phi) is 4.36. The summed E-state index contributed by atoms with van der Waals surface area (Å²) in [6.45, 7) is 6.54. The molecule has 1 aliphatic carbocycles. The van der Waals surface area contributed by atoms with Crippen LogP contribution in [0.5, 0.6) is 5.75 Å². The number of esters is 1. The van der Waals surface area contributed by atoms with Gasteiger partial charge in [-0.2, -0.15) is 0 Å². The largest absolute Gasteiger partial charge is 0.496 e. The molecule has 0 heterocycles. The molecule has 1 fully saturated rings. The summed E-state index contributed by atoms with van der Waals surface area (Å²) in [6, 6.07) is 6.19. The van der Waals surface area contributed by atoms with Crippen molar-refractivity contribution >= 4 is 5.97 Å². The summed E-state index contributed by atoms with van der Waals surface area (Å²) < 4.78 is 10.8. The average molecular weight is 276 g/mol. The number of rotatable bonds is 4. The first-order valence-corrected chi connectivity index (χ1v) is 7.34. The van der Waals surface area contributed by atoms with E-state index >= 15 is 0 Å². The van der Waals surface area contributed by atoms with E-state index < -0.39 is 0 Å². The van der Waals surface area contributed by atoms with Crippen molar-refractivity contribution in [1.29, 1.82) is 0 Å². The van der Waals surface area contributed by atoms with Gasteiger partial charge in [0.25, 0.3) is 0 Å². The highest BCUT2D eigenvalue weighted by atomic mass is 16.5. The van der Waals surface area contributed by atoms with E-state index in [2.05, 4.69) is 19.9 Å².